The summed E-state index contributed by atoms with van der Waals surface area (Å²) >= 11 is 1.56. The van der Waals surface area contributed by atoms with Crippen molar-refractivity contribution in [2.75, 3.05) is 12.9 Å². The molecule has 1 saturated heterocycles. The van der Waals surface area contributed by atoms with Crippen LogP contribution in [0.2, 0.25) is 0 Å². The molecule has 2 unspecified atom stereocenters. The van der Waals surface area contributed by atoms with Gasteiger partial charge >= 0.3 is 5.97 Å². The summed E-state index contributed by atoms with van der Waals surface area (Å²) in [6.07, 6.45) is 3.65. The number of carboxylic acid groups (broad SMARTS) is 1. The van der Waals surface area contributed by atoms with Crippen LogP contribution < -0.4 is 4.74 Å². The first kappa shape index (κ1) is 14.2. The van der Waals surface area contributed by atoms with Crippen molar-refractivity contribution in [1.29, 1.82) is 0 Å². The fourth-order valence-corrected chi connectivity index (χ4v) is 4.21. The summed E-state index contributed by atoms with van der Waals surface area (Å²) in [6, 6.07) is 2.50. The number of aromatic nitrogens is 1. The van der Waals surface area contributed by atoms with E-state index in [9.17, 15) is 14.7 Å². The number of aliphatic carboxylic acids is 1. The van der Waals surface area contributed by atoms with Gasteiger partial charge in [-0.1, -0.05) is 0 Å². The normalized spacial score (nSPS) is 24.9. The van der Waals surface area contributed by atoms with Crippen LogP contribution in [0, 0.1) is 5.92 Å². The van der Waals surface area contributed by atoms with E-state index in [2.05, 4.69) is 4.98 Å². The van der Waals surface area contributed by atoms with Gasteiger partial charge in [-0.25, -0.2) is 9.78 Å². The first-order valence-electron chi connectivity index (χ1n) is 6.79. The average molecular weight is 308 g/mol. The van der Waals surface area contributed by atoms with Crippen molar-refractivity contribution in [3.63, 3.8) is 0 Å². The molecular weight excluding hydrogens is 292 g/mol. The zero-order valence-corrected chi connectivity index (χ0v) is 12.4. The molecule has 1 amide bonds. The van der Waals surface area contributed by atoms with Crippen LogP contribution in [0.3, 0.4) is 0 Å². The molecule has 2 aliphatic rings. The Morgan fingerprint density at radius 1 is 1.48 bits per heavy atom. The first-order chi connectivity index (χ1) is 10.1. The minimum absolute atomic E-state index is 0.0523. The molecule has 1 aromatic rings. The SMILES string of the molecule is COc1ncccc1C(=O)N1C(C(=O)O)CSC1C1CC1. The van der Waals surface area contributed by atoms with E-state index < -0.39 is 12.0 Å². The van der Waals surface area contributed by atoms with Crippen LogP contribution in [0.1, 0.15) is 23.2 Å². The van der Waals surface area contributed by atoms with Crippen molar-refractivity contribution in [3.05, 3.63) is 23.9 Å². The molecule has 0 bridgehead atoms. The van der Waals surface area contributed by atoms with Crippen LogP contribution in [0.4, 0.5) is 0 Å². The van der Waals surface area contributed by atoms with Gasteiger partial charge in [0.2, 0.25) is 5.88 Å². The fourth-order valence-electron chi connectivity index (χ4n) is 2.57. The second-order valence-corrected chi connectivity index (χ2v) is 6.34. The van der Waals surface area contributed by atoms with Crippen molar-refractivity contribution in [1.82, 2.24) is 9.88 Å². The number of hydrogen-bond acceptors (Lipinski definition) is 5. The van der Waals surface area contributed by atoms with Gasteiger partial charge in [-0.3, -0.25) is 4.79 Å². The minimum Gasteiger partial charge on any atom is -0.480 e. The average Bonchev–Trinajstić information content (AvgIpc) is 3.24. The number of methoxy groups -OCH3 is 1. The van der Waals surface area contributed by atoms with Crippen molar-refractivity contribution >= 4 is 23.6 Å². The number of rotatable bonds is 4. The van der Waals surface area contributed by atoms with E-state index in [-0.39, 0.29) is 17.2 Å². The maximum atomic E-state index is 12.8. The highest BCUT2D eigenvalue weighted by Crippen LogP contribution is 2.46. The molecule has 2 atom stereocenters. The lowest BCUT2D eigenvalue weighted by Gasteiger charge is -2.27. The van der Waals surface area contributed by atoms with Crippen molar-refractivity contribution in [2.45, 2.75) is 24.3 Å². The number of hydrogen-bond donors (Lipinski definition) is 1. The van der Waals surface area contributed by atoms with Crippen LogP contribution in [-0.4, -0.2) is 51.1 Å². The molecule has 1 N–H and O–H groups in total. The van der Waals surface area contributed by atoms with Crippen LogP contribution >= 0.6 is 11.8 Å². The van der Waals surface area contributed by atoms with Gasteiger partial charge in [-0.15, -0.1) is 11.8 Å². The molecule has 3 rings (SSSR count). The zero-order chi connectivity index (χ0) is 15.0. The summed E-state index contributed by atoms with van der Waals surface area (Å²) in [6.45, 7) is 0. The monoisotopic (exact) mass is 308 g/mol. The van der Waals surface area contributed by atoms with Gasteiger partial charge in [0.1, 0.15) is 11.6 Å². The Balaban J connectivity index is 1.94. The van der Waals surface area contributed by atoms with Crippen molar-refractivity contribution in [2.24, 2.45) is 5.92 Å². The molecular formula is C14H16N2O4S. The van der Waals surface area contributed by atoms with Gasteiger partial charge in [-0.05, 0) is 30.9 Å². The third-order valence-corrected chi connectivity index (χ3v) is 5.24. The number of thioether (sulfide) groups is 1. The predicted molar refractivity (Wildman–Crippen MR) is 77.4 cm³/mol. The molecule has 2 fully saturated rings. The standard InChI is InChI=1S/C14H16N2O4S/c1-20-11-9(3-2-6-15-11)12(17)16-10(14(18)19)7-21-13(16)8-4-5-8/h2-3,6,8,10,13H,4-5,7H2,1H3,(H,18,19). The highest BCUT2D eigenvalue weighted by atomic mass is 32.2. The lowest BCUT2D eigenvalue weighted by molar-refractivity contribution is -0.141. The Bertz CT molecular complexity index is 576. The maximum Gasteiger partial charge on any atom is 0.327 e. The summed E-state index contributed by atoms with van der Waals surface area (Å²) in [5.41, 5.74) is 0.319. The molecule has 1 aliphatic heterocycles. The number of ether oxygens (including phenoxy) is 1. The minimum atomic E-state index is -0.957. The summed E-state index contributed by atoms with van der Waals surface area (Å²) in [7, 11) is 1.45. The number of carbonyl (C=O) groups excluding carboxylic acids is 1. The van der Waals surface area contributed by atoms with E-state index in [0.717, 1.165) is 12.8 Å². The highest BCUT2D eigenvalue weighted by Gasteiger charge is 2.48. The third kappa shape index (κ3) is 2.57. The third-order valence-electron chi connectivity index (χ3n) is 3.77. The second-order valence-electron chi connectivity index (χ2n) is 5.19. The quantitative estimate of drug-likeness (QED) is 0.907. The van der Waals surface area contributed by atoms with Crippen molar-refractivity contribution in [3.8, 4) is 5.88 Å². The fraction of sp³-hybridized carbons (Fsp3) is 0.500. The topological polar surface area (TPSA) is 79.7 Å². The van der Waals surface area contributed by atoms with Crippen LogP contribution in [0.25, 0.3) is 0 Å². The summed E-state index contributed by atoms with van der Waals surface area (Å²) < 4.78 is 5.12. The van der Waals surface area contributed by atoms with E-state index in [4.69, 9.17) is 4.74 Å². The Morgan fingerprint density at radius 2 is 2.24 bits per heavy atom. The maximum absolute atomic E-state index is 12.8. The molecule has 0 radical (unpaired) electrons. The molecule has 1 aliphatic carbocycles. The molecule has 1 aromatic heterocycles. The summed E-state index contributed by atoms with van der Waals surface area (Å²) in [5, 5.41) is 9.32. The lowest BCUT2D eigenvalue weighted by Crippen LogP contribution is -2.46. The summed E-state index contributed by atoms with van der Waals surface area (Å²) in [5.74, 6) is -0.190. The second kappa shape index (κ2) is 5.55. The Morgan fingerprint density at radius 3 is 2.86 bits per heavy atom. The molecule has 7 heteroatoms. The molecule has 112 valence electrons. The Labute approximate surface area is 126 Å². The molecule has 21 heavy (non-hydrogen) atoms. The van der Waals surface area contributed by atoms with Gasteiger partial charge in [0, 0.05) is 11.9 Å². The molecule has 6 nitrogen and oxygen atoms in total. The van der Waals surface area contributed by atoms with Crippen LogP contribution in [0.5, 0.6) is 5.88 Å². The van der Waals surface area contributed by atoms with Gasteiger partial charge in [-0.2, -0.15) is 0 Å². The number of carbonyl (C=O) groups is 2. The predicted octanol–water partition coefficient (Wildman–Crippen LogP) is 1.47. The van der Waals surface area contributed by atoms with E-state index >= 15 is 0 Å². The largest absolute Gasteiger partial charge is 0.480 e. The summed E-state index contributed by atoms with van der Waals surface area (Å²) in [4.78, 5) is 29.8. The van der Waals surface area contributed by atoms with E-state index in [0.29, 0.717) is 17.2 Å². The van der Waals surface area contributed by atoms with Gasteiger partial charge < -0.3 is 14.7 Å². The molecule has 0 aromatic carbocycles. The first-order valence-corrected chi connectivity index (χ1v) is 7.84. The lowest BCUT2D eigenvalue weighted by atomic mass is 10.1. The smallest absolute Gasteiger partial charge is 0.327 e. The number of amides is 1. The number of carboxylic acids is 1. The Hall–Kier alpha value is -1.76. The molecule has 0 spiro atoms. The van der Waals surface area contributed by atoms with Crippen molar-refractivity contribution < 1.29 is 19.4 Å². The number of nitrogens with zero attached hydrogens (tertiary/aromatic N) is 2. The van der Waals surface area contributed by atoms with Gasteiger partial charge in [0.05, 0.1) is 12.5 Å². The Kier molecular flexibility index (Phi) is 3.75. The van der Waals surface area contributed by atoms with Gasteiger partial charge in [0.25, 0.3) is 5.91 Å². The highest BCUT2D eigenvalue weighted by molar-refractivity contribution is 8.00. The molecule has 1 saturated carbocycles. The van der Waals surface area contributed by atoms with Crippen LogP contribution in [0.15, 0.2) is 18.3 Å². The van der Waals surface area contributed by atoms with Gasteiger partial charge in [0.15, 0.2) is 0 Å². The van der Waals surface area contributed by atoms with E-state index in [1.807, 2.05) is 0 Å². The zero-order valence-electron chi connectivity index (χ0n) is 11.6. The van der Waals surface area contributed by atoms with E-state index in [1.165, 1.54) is 12.0 Å². The number of pyridine rings is 1. The van der Waals surface area contributed by atoms with E-state index in [1.54, 1.807) is 30.1 Å². The molecule has 2 heterocycles. The van der Waals surface area contributed by atoms with Crippen LogP contribution in [-0.2, 0) is 4.79 Å².